The number of aromatic hydroxyl groups is 1. The Labute approximate surface area is 78.7 Å². The van der Waals surface area contributed by atoms with Crippen LogP contribution in [-0.2, 0) is 6.61 Å². The first-order valence-electron chi connectivity index (χ1n) is 3.83. The van der Waals surface area contributed by atoms with Gasteiger partial charge in [-0.3, -0.25) is 0 Å². The standard InChI is InChI=1S/C7H7N5O2/c13-4-5-3-12(11-10-5)7-8-1-6(14)2-9-7/h1-3,13-14H,4H2. The summed E-state index contributed by atoms with van der Waals surface area (Å²) in [6, 6.07) is 0. The molecule has 0 aromatic carbocycles. The lowest BCUT2D eigenvalue weighted by Crippen LogP contribution is -2.00. The van der Waals surface area contributed by atoms with Crippen LogP contribution in [0.15, 0.2) is 18.6 Å². The van der Waals surface area contributed by atoms with Gasteiger partial charge in [0.1, 0.15) is 5.69 Å². The van der Waals surface area contributed by atoms with Crippen molar-refractivity contribution < 1.29 is 10.2 Å². The van der Waals surface area contributed by atoms with Gasteiger partial charge in [0, 0.05) is 0 Å². The lowest BCUT2D eigenvalue weighted by Gasteiger charge is -1.96. The minimum Gasteiger partial charge on any atom is -0.505 e. The van der Waals surface area contributed by atoms with Gasteiger partial charge in [-0.05, 0) is 0 Å². The number of aliphatic hydroxyl groups is 1. The van der Waals surface area contributed by atoms with Gasteiger partial charge in [-0.1, -0.05) is 5.21 Å². The van der Waals surface area contributed by atoms with E-state index >= 15 is 0 Å². The van der Waals surface area contributed by atoms with Crippen molar-refractivity contribution in [3.05, 3.63) is 24.3 Å². The van der Waals surface area contributed by atoms with Crippen LogP contribution in [0.25, 0.3) is 5.95 Å². The van der Waals surface area contributed by atoms with Crippen LogP contribution >= 0.6 is 0 Å². The van der Waals surface area contributed by atoms with Crippen molar-refractivity contribution in [2.24, 2.45) is 0 Å². The first-order chi connectivity index (χ1) is 6.79. The van der Waals surface area contributed by atoms with Crippen LogP contribution in [0.3, 0.4) is 0 Å². The van der Waals surface area contributed by atoms with Gasteiger partial charge in [0.2, 0.25) is 0 Å². The Kier molecular flexibility index (Phi) is 2.07. The third kappa shape index (κ3) is 1.52. The number of aromatic nitrogens is 5. The van der Waals surface area contributed by atoms with Crippen molar-refractivity contribution in [2.75, 3.05) is 0 Å². The lowest BCUT2D eigenvalue weighted by atomic mass is 10.5. The van der Waals surface area contributed by atoms with Gasteiger partial charge in [-0.2, -0.15) is 4.68 Å². The zero-order chi connectivity index (χ0) is 9.97. The highest BCUT2D eigenvalue weighted by Crippen LogP contribution is 2.05. The van der Waals surface area contributed by atoms with E-state index in [9.17, 15) is 0 Å². The molecule has 0 aliphatic heterocycles. The molecule has 7 nitrogen and oxygen atoms in total. The van der Waals surface area contributed by atoms with E-state index in [1.807, 2.05) is 0 Å². The maximum Gasteiger partial charge on any atom is 0.252 e. The average molecular weight is 193 g/mol. The topological polar surface area (TPSA) is 97.0 Å². The van der Waals surface area contributed by atoms with E-state index in [1.54, 1.807) is 0 Å². The van der Waals surface area contributed by atoms with Crippen LogP contribution in [0, 0.1) is 0 Å². The highest BCUT2D eigenvalue weighted by molar-refractivity contribution is 5.16. The quantitative estimate of drug-likeness (QED) is 0.651. The smallest absolute Gasteiger partial charge is 0.252 e. The molecule has 0 saturated heterocycles. The normalized spacial score (nSPS) is 10.4. The predicted molar refractivity (Wildman–Crippen MR) is 44.5 cm³/mol. The molecule has 14 heavy (non-hydrogen) atoms. The van der Waals surface area contributed by atoms with Crippen molar-refractivity contribution in [1.29, 1.82) is 0 Å². The van der Waals surface area contributed by atoms with Crippen molar-refractivity contribution in [3.63, 3.8) is 0 Å². The number of nitrogens with zero attached hydrogens (tertiary/aromatic N) is 5. The number of hydrogen-bond donors (Lipinski definition) is 2. The van der Waals surface area contributed by atoms with Crippen LogP contribution in [0.1, 0.15) is 5.69 Å². The van der Waals surface area contributed by atoms with Crippen LogP contribution in [-0.4, -0.2) is 35.2 Å². The summed E-state index contributed by atoms with van der Waals surface area (Å²) >= 11 is 0. The summed E-state index contributed by atoms with van der Waals surface area (Å²) in [7, 11) is 0. The number of hydrogen-bond acceptors (Lipinski definition) is 6. The zero-order valence-electron chi connectivity index (χ0n) is 7.07. The van der Waals surface area contributed by atoms with E-state index in [1.165, 1.54) is 23.3 Å². The molecule has 2 N–H and O–H groups in total. The van der Waals surface area contributed by atoms with Crippen molar-refractivity contribution in [1.82, 2.24) is 25.0 Å². The molecule has 0 spiro atoms. The maximum atomic E-state index is 8.94. The number of aliphatic hydroxyl groups excluding tert-OH is 1. The number of rotatable bonds is 2. The fourth-order valence-electron chi connectivity index (χ4n) is 0.901. The van der Waals surface area contributed by atoms with Crippen LogP contribution in [0.4, 0.5) is 0 Å². The van der Waals surface area contributed by atoms with Crippen LogP contribution in [0.5, 0.6) is 5.75 Å². The Bertz CT molecular complexity index is 424. The van der Waals surface area contributed by atoms with Crippen molar-refractivity contribution >= 4 is 0 Å². The molecule has 0 aliphatic rings. The molecule has 2 aromatic heterocycles. The van der Waals surface area contributed by atoms with Gasteiger partial charge in [-0.15, -0.1) is 5.10 Å². The summed E-state index contributed by atoms with van der Waals surface area (Å²) in [5.74, 6) is 0.270. The Morgan fingerprint density at radius 1 is 1.29 bits per heavy atom. The lowest BCUT2D eigenvalue weighted by molar-refractivity contribution is 0.276. The van der Waals surface area contributed by atoms with Crippen molar-refractivity contribution in [2.45, 2.75) is 6.61 Å². The van der Waals surface area contributed by atoms with E-state index in [0.29, 0.717) is 5.69 Å². The molecular weight excluding hydrogens is 186 g/mol. The molecule has 7 heteroatoms. The van der Waals surface area contributed by atoms with E-state index in [4.69, 9.17) is 10.2 Å². The van der Waals surface area contributed by atoms with Crippen LogP contribution in [0.2, 0.25) is 0 Å². The monoisotopic (exact) mass is 193 g/mol. The van der Waals surface area contributed by atoms with Gasteiger partial charge in [0.15, 0.2) is 5.75 Å². The SMILES string of the molecule is OCc1cn(-c2ncc(O)cn2)nn1. The molecule has 0 bridgehead atoms. The Morgan fingerprint density at radius 3 is 2.57 bits per heavy atom. The van der Waals surface area contributed by atoms with E-state index in [-0.39, 0.29) is 18.3 Å². The molecule has 0 atom stereocenters. The molecule has 0 aliphatic carbocycles. The largest absolute Gasteiger partial charge is 0.505 e. The highest BCUT2D eigenvalue weighted by Gasteiger charge is 2.03. The summed E-state index contributed by atoms with van der Waals surface area (Å²) in [5.41, 5.74) is 0.432. The van der Waals surface area contributed by atoms with Gasteiger partial charge >= 0.3 is 0 Å². The minimum absolute atomic E-state index is 0.0174. The van der Waals surface area contributed by atoms with E-state index in [2.05, 4.69) is 20.3 Å². The Balaban J connectivity index is 2.34. The first-order valence-corrected chi connectivity index (χ1v) is 3.83. The second kappa shape index (κ2) is 3.38. The summed E-state index contributed by atoms with van der Waals surface area (Å²) in [4.78, 5) is 7.63. The molecular formula is C7H7N5O2. The summed E-state index contributed by atoms with van der Waals surface area (Å²) in [6.07, 6.45) is 4.01. The second-order valence-corrected chi connectivity index (χ2v) is 2.55. The van der Waals surface area contributed by atoms with E-state index < -0.39 is 0 Å². The summed E-state index contributed by atoms with van der Waals surface area (Å²) < 4.78 is 1.31. The first kappa shape index (κ1) is 8.57. The summed E-state index contributed by atoms with van der Waals surface area (Å²) in [5, 5.41) is 25.0. The summed E-state index contributed by atoms with van der Waals surface area (Å²) in [6.45, 7) is -0.182. The molecule has 0 unspecified atom stereocenters. The molecule has 2 aromatic rings. The average Bonchev–Trinajstić information content (AvgIpc) is 2.67. The Hall–Kier alpha value is -2.02. The van der Waals surface area contributed by atoms with Gasteiger partial charge in [0.25, 0.3) is 5.95 Å². The predicted octanol–water partition coefficient (Wildman–Crippen LogP) is -0.745. The van der Waals surface area contributed by atoms with Gasteiger partial charge < -0.3 is 10.2 Å². The molecule has 2 rings (SSSR count). The Morgan fingerprint density at radius 2 is 2.00 bits per heavy atom. The fraction of sp³-hybridized carbons (Fsp3) is 0.143. The van der Waals surface area contributed by atoms with Crippen LogP contribution < -0.4 is 0 Å². The highest BCUT2D eigenvalue weighted by atomic mass is 16.3. The molecule has 0 radical (unpaired) electrons. The second-order valence-electron chi connectivity index (χ2n) is 2.55. The molecule has 0 saturated carbocycles. The van der Waals surface area contributed by atoms with Crippen molar-refractivity contribution in [3.8, 4) is 11.7 Å². The van der Waals surface area contributed by atoms with Gasteiger partial charge in [-0.25, -0.2) is 9.97 Å². The maximum absolute atomic E-state index is 8.94. The molecule has 2 heterocycles. The third-order valence-electron chi connectivity index (χ3n) is 1.53. The molecule has 0 amide bonds. The zero-order valence-corrected chi connectivity index (χ0v) is 7.07. The minimum atomic E-state index is -0.182. The van der Waals surface area contributed by atoms with Gasteiger partial charge in [0.05, 0.1) is 25.2 Å². The van der Waals surface area contributed by atoms with E-state index in [0.717, 1.165) is 0 Å². The molecule has 0 fully saturated rings. The fourth-order valence-corrected chi connectivity index (χ4v) is 0.901. The molecule has 72 valence electrons. The third-order valence-corrected chi connectivity index (χ3v) is 1.53.